The van der Waals surface area contributed by atoms with E-state index in [9.17, 15) is 0 Å². The Morgan fingerprint density at radius 2 is 1.95 bits per heavy atom. The minimum Gasteiger partial charge on any atom is -0.351 e. The van der Waals surface area contributed by atoms with Crippen molar-refractivity contribution in [2.24, 2.45) is 12.9 Å². The first-order valence-electron chi connectivity index (χ1n) is 6.87. The molecule has 0 aliphatic rings. The van der Waals surface area contributed by atoms with Gasteiger partial charge in [-0.3, -0.25) is 16.0 Å². The molecule has 0 saturated carbocycles. The summed E-state index contributed by atoms with van der Waals surface area (Å²) in [5.41, 5.74) is 4.98. The molecule has 0 saturated heterocycles. The van der Waals surface area contributed by atoms with E-state index in [2.05, 4.69) is 23.5 Å². The lowest BCUT2D eigenvalue weighted by molar-refractivity contribution is -0.154. The van der Waals surface area contributed by atoms with Crippen LogP contribution in [0.15, 0.2) is 6.07 Å². The van der Waals surface area contributed by atoms with Crippen LogP contribution in [-0.2, 0) is 29.4 Å². The van der Waals surface area contributed by atoms with E-state index in [1.165, 1.54) is 0 Å². The first-order chi connectivity index (χ1) is 9.15. The second-order valence-corrected chi connectivity index (χ2v) is 4.36. The Morgan fingerprint density at radius 1 is 1.32 bits per heavy atom. The van der Waals surface area contributed by atoms with E-state index >= 15 is 0 Å². The quantitative estimate of drug-likeness (QED) is 0.393. The fraction of sp³-hybridized carbons (Fsp3) is 0.769. The second-order valence-electron chi connectivity index (χ2n) is 4.36. The maximum Gasteiger partial charge on any atom is 0.174 e. The van der Waals surface area contributed by atoms with Crippen molar-refractivity contribution in [2.75, 3.05) is 13.2 Å². The van der Waals surface area contributed by atoms with Gasteiger partial charge in [0.1, 0.15) is 0 Å². The third-order valence-electron chi connectivity index (χ3n) is 3.02. The Labute approximate surface area is 115 Å². The van der Waals surface area contributed by atoms with Crippen molar-refractivity contribution >= 4 is 0 Å². The molecular weight excluding hydrogens is 244 g/mol. The van der Waals surface area contributed by atoms with Crippen LogP contribution in [0.1, 0.15) is 32.2 Å². The maximum absolute atomic E-state index is 5.63. The van der Waals surface area contributed by atoms with Crippen molar-refractivity contribution in [1.82, 2.24) is 15.2 Å². The lowest BCUT2D eigenvalue weighted by Crippen LogP contribution is -2.48. The van der Waals surface area contributed by atoms with Gasteiger partial charge in [0.2, 0.25) is 0 Å². The van der Waals surface area contributed by atoms with Crippen molar-refractivity contribution in [3.63, 3.8) is 0 Å². The number of hydrogen-bond donors (Lipinski definition) is 2. The van der Waals surface area contributed by atoms with Gasteiger partial charge in [0.25, 0.3) is 0 Å². The Kier molecular flexibility index (Phi) is 7.01. The lowest BCUT2D eigenvalue weighted by atomic mass is 10.1. The average molecular weight is 270 g/mol. The van der Waals surface area contributed by atoms with Crippen molar-refractivity contribution in [1.29, 1.82) is 0 Å². The Bertz CT molecular complexity index is 362. The standard InChI is InChI=1S/C13H26N4O2/c1-5-10-8-11(17(4)16-10)9-12(15-14)13(18-6-2)19-7-3/h8,12-13,15H,5-7,9,14H2,1-4H3. The molecule has 1 aromatic heterocycles. The molecule has 1 heterocycles. The van der Waals surface area contributed by atoms with Crippen LogP contribution in [0.4, 0.5) is 0 Å². The van der Waals surface area contributed by atoms with Crippen LogP contribution in [-0.4, -0.2) is 35.3 Å². The molecule has 110 valence electrons. The highest BCUT2D eigenvalue weighted by atomic mass is 16.7. The first kappa shape index (κ1) is 16.1. The van der Waals surface area contributed by atoms with Crippen LogP contribution >= 0.6 is 0 Å². The summed E-state index contributed by atoms with van der Waals surface area (Å²) in [5, 5.41) is 4.43. The maximum atomic E-state index is 5.63. The summed E-state index contributed by atoms with van der Waals surface area (Å²) in [6, 6.07) is 2.00. The number of aromatic nitrogens is 2. The van der Waals surface area contributed by atoms with E-state index in [1.54, 1.807) is 0 Å². The van der Waals surface area contributed by atoms with E-state index in [1.807, 2.05) is 25.6 Å². The smallest absolute Gasteiger partial charge is 0.174 e. The van der Waals surface area contributed by atoms with Crippen LogP contribution in [0.25, 0.3) is 0 Å². The zero-order valence-electron chi connectivity index (χ0n) is 12.3. The molecule has 1 atom stereocenters. The van der Waals surface area contributed by atoms with E-state index in [-0.39, 0.29) is 12.3 Å². The zero-order valence-corrected chi connectivity index (χ0v) is 12.3. The van der Waals surface area contributed by atoms with Crippen LogP contribution < -0.4 is 11.3 Å². The van der Waals surface area contributed by atoms with Gasteiger partial charge in [-0.05, 0) is 26.3 Å². The van der Waals surface area contributed by atoms with Crippen molar-refractivity contribution in [3.05, 3.63) is 17.5 Å². The topological polar surface area (TPSA) is 74.3 Å². The van der Waals surface area contributed by atoms with E-state index in [0.29, 0.717) is 19.6 Å². The van der Waals surface area contributed by atoms with Crippen molar-refractivity contribution < 1.29 is 9.47 Å². The monoisotopic (exact) mass is 270 g/mol. The number of hydrazine groups is 1. The fourth-order valence-electron chi connectivity index (χ4n) is 2.00. The van der Waals surface area contributed by atoms with Gasteiger partial charge < -0.3 is 9.47 Å². The summed E-state index contributed by atoms with van der Waals surface area (Å²) in [6.07, 6.45) is 1.29. The normalized spacial score (nSPS) is 13.2. The molecule has 1 unspecified atom stereocenters. The molecule has 0 aliphatic heterocycles. The molecule has 1 aromatic rings. The van der Waals surface area contributed by atoms with Gasteiger partial charge in [0.05, 0.1) is 11.7 Å². The molecule has 0 fully saturated rings. The van der Waals surface area contributed by atoms with Gasteiger partial charge in [-0.1, -0.05) is 6.92 Å². The van der Waals surface area contributed by atoms with Crippen molar-refractivity contribution in [3.8, 4) is 0 Å². The van der Waals surface area contributed by atoms with Gasteiger partial charge in [-0.15, -0.1) is 0 Å². The zero-order chi connectivity index (χ0) is 14.3. The van der Waals surface area contributed by atoms with Crippen LogP contribution in [0, 0.1) is 0 Å². The summed E-state index contributed by atoms with van der Waals surface area (Å²) in [6.45, 7) is 7.16. The van der Waals surface area contributed by atoms with Gasteiger partial charge in [0.15, 0.2) is 6.29 Å². The summed E-state index contributed by atoms with van der Waals surface area (Å²) in [4.78, 5) is 0. The molecule has 0 spiro atoms. The molecule has 0 amide bonds. The molecule has 6 heteroatoms. The van der Waals surface area contributed by atoms with Crippen molar-refractivity contribution in [2.45, 2.75) is 45.9 Å². The number of nitrogens with zero attached hydrogens (tertiary/aromatic N) is 2. The van der Waals surface area contributed by atoms with Gasteiger partial charge in [0, 0.05) is 32.4 Å². The van der Waals surface area contributed by atoms with Gasteiger partial charge in [-0.25, -0.2) is 0 Å². The molecular formula is C13H26N4O2. The third kappa shape index (κ3) is 4.58. The first-order valence-corrected chi connectivity index (χ1v) is 6.87. The minimum atomic E-state index is -0.347. The summed E-state index contributed by atoms with van der Waals surface area (Å²) >= 11 is 0. The SMILES string of the molecule is CCOC(OCC)C(Cc1cc(CC)nn1C)NN. The number of ether oxygens (including phenoxy) is 2. The summed E-state index contributed by atoms with van der Waals surface area (Å²) < 4.78 is 13.1. The number of aryl methyl sites for hydroxylation is 2. The van der Waals surface area contributed by atoms with E-state index in [0.717, 1.165) is 17.8 Å². The molecule has 0 radical (unpaired) electrons. The third-order valence-corrected chi connectivity index (χ3v) is 3.02. The molecule has 19 heavy (non-hydrogen) atoms. The fourth-order valence-corrected chi connectivity index (χ4v) is 2.00. The summed E-state index contributed by atoms with van der Waals surface area (Å²) in [7, 11) is 1.94. The van der Waals surface area contributed by atoms with Gasteiger partial charge >= 0.3 is 0 Å². The highest BCUT2D eigenvalue weighted by Crippen LogP contribution is 2.11. The average Bonchev–Trinajstić information content (AvgIpc) is 2.76. The second kappa shape index (κ2) is 8.27. The van der Waals surface area contributed by atoms with Crippen LogP contribution in [0.5, 0.6) is 0 Å². The predicted molar refractivity (Wildman–Crippen MR) is 74.4 cm³/mol. The number of nitrogens with one attached hydrogen (secondary N) is 1. The highest BCUT2D eigenvalue weighted by Gasteiger charge is 2.23. The largest absolute Gasteiger partial charge is 0.351 e. The van der Waals surface area contributed by atoms with Crippen LogP contribution in [0.3, 0.4) is 0 Å². The predicted octanol–water partition coefficient (Wildman–Crippen LogP) is 0.756. The van der Waals surface area contributed by atoms with E-state index in [4.69, 9.17) is 15.3 Å². The molecule has 3 N–H and O–H groups in total. The van der Waals surface area contributed by atoms with E-state index < -0.39 is 0 Å². The molecule has 0 aliphatic carbocycles. The number of nitrogens with two attached hydrogens (primary N) is 1. The molecule has 0 bridgehead atoms. The highest BCUT2D eigenvalue weighted by molar-refractivity contribution is 5.11. The molecule has 6 nitrogen and oxygen atoms in total. The van der Waals surface area contributed by atoms with Gasteiger partial charge in [-0.2, -0.15) is 5.10 Å². The summed E-state index contributed by atoms with van der Waals surface area (Å²) in [5.74, 6) is 5.63. The minimum absolute atomic E-state index is 0.0972. The van der Waals surface area contributed by atoms with Crippen LogP contribution in [0.2, 0.25) is 0 Å². The molecule has 1 rings (SSSR count). The molecule has 0 aromatic carbocycles. The number of rotatable bonds is 9. The number of hydrogen-bond acceptors (Lipinski definition) is 5. The Hall–Kier alpha value is -0.950. The Balaban J connectivity index is 2.75. The Morgan fingerprint density at radius 3 is 2.37 bits per heavy atom. The lowest BCUT2D eigenvalue weighted by Gasteiger charge is -2.26.